The van der Waals surface area contributed by atoms with Crippen LogP contribution in [0.5, 0.6) is 0 Å². The monoisotopic (exact) mass is 230 g/mol. The number of rotatable bonds is 4. The van der Waals surface area contributed by atoms with E-state index in [1.54, 1.807) is 0 Å². The molecule has 2 nitrogen and oxygen atoms in total. The Bertz CT molecular complexity index is 206. The van der Waals surface area contributed by atoms with Crippen LogP contribution in [-0.4, -0.2) is 37.1 Å². The van der Waals surface area contributed by atoms with E-state index >= 15 is 0 Å². The molecule has 1 N–H and O–H groups in total. The minimum Gasteiger partial charge on any atom is -0.312 e. The molecule has 0 saturated carbocycles. The fourth-order valence-electron chi connectivity index (χ4n) is 2.08. The molecule has 0 aromatic carbocycles. The molecule has 1 heterocycles. The van der Waals surface area contributed by atoms with Crippen LogP contribution in [0.4, 0.5) is 0 Å². The molecule has 1 saturated heterocycles. The number of hydrogen-bond donors (Lipinski definition) is 1. The van der Waals surface area contributed by atoms with E-state index < -0.39 is 0 Å². The van der Waals surface area contributed by atoms with Gasteiger partial charge in [-0.2, -0.15) is 0 Å². The Morgan fingerprint density at radius 1 is 1.67 bits per heavy atom. The third-order valence-electron chi connectivity index (χ3n) is 3.24. The van der Waals surface area contributed by atoms with Crippen LogP contribution in [0.3, 0.4) is 0 Å². The Hall–Kier alpha value is -0.0500. The van der Waals surface area contributed by atoms with Crippen molar-refractivity contribution in [2.45, 2.75) is 32.7 Å². The first-order valence-corrected chi connectivity index (χ1v) is 6.30. The zero-order valence-corrected chi connectivity index (χ0v) is 10.7. The molecule has 0 bridgehead atoms. The average molecular weight is 231 g/mol. The van der Waals surface area contributed by atoms with Crippen molar-refractivity contribution < 1.29 is 0 Å². The second-order valence-corrected chi connectivity index (χ2v) is 5.09. The molecule has 1 fully saturated rings. The maximum absolute atomic E-state index is 5.87. The van der Waals surface area contributed by atoms with Crippen molar-refractivity contribution in [1.82, 2.24) is 10.2 Å². The Kier molecular flexibility index (Phi) is 5.65. The third kappa shape index (κ3) is 4.54. The van der Waals surface area contributed by atoms with Crippen LogP contribution in [-0.2, 0) is 0 Å². The van der Waals surface area contributed by atoms with Crippen molar-refractivity contribution in [3.8, 4) is 0 Å². The topological polar surface area (TPSA) is 15.3 Å². The number of hydrogen-bond acceptors (Lipinski definition) is 2. The van der Waals surface area contributed by atoms with Gasteiger partial charge in [0.15, 0.2) is 0 Å². The summed E-state index contributed by atoms with van der Waals surface area (Å²) < 4.78 is 0. The largest absolute Gasteiger partial charge is 0.312 e. The van der Waals surface area contributed by atoms with Crippen molar-refractivity contribution in [3.05, 3.63) is 11.6 Å². The highest BCUT2D eigenvalue weighted by molar-refractivity contribution is 6.29. The van der Waals surface area contributed by atoms with Crippen LogP contribution in [0.15, 0.2) is 11.6 Å². The van der Waals surface area contributed by atoms with Gasteiger partial charge in [-0.15, -0.1) is 0 Å². The Balaban J connectivity index is 2.49. The summed E-state index contributed by atoms with van der Waals surface area (Å²) in [5, 5.41) is 4.37. The van der Waals surface area contributed by atoms with Crippen molar-refractivity contribution in [2.24, 2.45) is 5.92 Å². The number of nitrogens with zero attached hydrogens (tertiary/aromatic N) is 1. The lowest BCUT2D eigenvalue weighted by Gasteiger charge is -2.27. The molecule has 0 aliphatic carbocycles. The van der Waals surface area contributed by atoms with Crippen LogP contribution in [0.2, 0.25) is 0 Å². The fraction of sp³-hybridized carbons (Fsp3) is 0.833. The molecule has 1 aliphatic rings. The van der Waals surface area contributed by atoms with Crippen LogP contribution >= 0.6 is 11.6 Å². The normalized spacial score (nSPS) is 25.9. The van der Waals surface area contributed by atoms with Gasteiger partial charge in [0.1, 0.15) is 0 Å². The first-order chi connectivity index (χ1) is 7.13. The highest BCUT2D eigenvalue weighted by atomic mass is 35.5. The molecule has 1 rings (SSSR count). The molecular weight excluding hydrogens is 208 g/mol. The summed E-state index contributed by atoms with van der Waals surface area (Å²) in [5.74, 6) is 0.731. The van der Waals surface area contributed by atoms with Crippen LogP contribution in [0, 0.1) is 5.92 Å². The highest BCUT2D eigenvalue weighted by Crippen LogP contribution is 2.13. The van der Waals surface area contributed by atoms with E-state index in [0.717, 1.165) is 37.1 Å². The Labute approximate surface area is 98.7 Å². The number of halogens is 1. The van der Waals surface area contributed by atoms with Crippen LogP contribution in [0.25, 0.3) is 0 Å². The van der Waals surface area contributed by atoms with Gasteiger partial charge in [-0.05, 0) is 25.4 Å². The van der Waals surface area contributed by atoms with Crippen molar-refractivity contribution >= 4 is 11.6 Å². The molecule has 1 aliphatic heterocycles. The Morgan fingerprint density at radius 3 is 3.00 bits per heavy atom. The maximum Gasteiger partial charge on any atom is 0.0336 e. The second-order valence-electron chi connectivity index (χ2n) is 4.55. The van der Waals surface area contributed by atoms with E-state index in [1.165, 1.54) is 12.8 Å². The smallest absolute Gasteiger partial charge is 0.0336 e. The zero-order chi connectivity index (χ0) is 11.3. The van der Waals surface area contributed by atoms with Gasteiger partial charge in [0, 0.05) is 24.2 Å². The van der Waals surface area contributed by atoms with Gasteiger partial charge >= 0.3 is 0 Å². The van der Waals surface area contributed by atoms with E-state index in [0.29, 0.717) is 6.04 Å². The summed E-state index contributed by atoms with van der Waals surface area (Å²) in [4.78, 5) is 2.41. The van der Waals surface area contributed by atoms with Gasteiger partial charge in [-0.25, -0.2) is 0 Å². The summed E-state index contributed by atoms with van der Waals surface area (Å²) >= 11 is 5.87. The lowest BCUT2D eigenvalue weighted by molar-refractivity contribution is 0.256. The molecular formula is C12H23ClN2. The standard InChI is InChI=1S/C12H23ClN2/c1-4-10(2)12-9-15(8-11(3)13)7-5-6-14-12/h10,12,14H,3-9H2,1-2H3. The third-order valence-corrected chi connectivity index (χ3v) is 3.36. The summed E-state index contributed by atoms with van der Waals surface area (Å²) in [5.41, 5.74) is 0. The molecule has 88 valence electrons. The molecule has 0 aromatic rings. The quantitative estimate of drug-likeness (QED) is 0.798. The second kappa shape index (κ2) is 6.51. The van der Waals surface area contributed by atoms with E-state index in [2.05, 4.69) is 30.6 Å². The summed E-state index contributed by atoms with van der Waals surface area (Å²) in [6.07, 6.45) is 2.43. The maximum atomic E-state index is 5.87. The fourth-order valence-corrected chi connectivity index (χ4v) is 2.25. The minimum absolute atomic E-state index is 0.605. The molecule has 0 amide bonds. The lowest BCUT2D eigenvalue weighted by Crippen LogP contribution is -2.42. The van der Waals surface area contributed by atoms with Crippen molar-refractivity contribution in [2.75, 3.05) is 26.2 Å². The van der Waals surface area contributed by atoms with Crippen LogP contribution < -0.4 is 5.32 Å². The molecule has 2 atom stereocenters. The predicted molar refractivity (Wildman–Crippen MR) is 67.3 cm³/mol. The SMILES string of the molecule is C=C(Cl)CN1CCCNC(C(C)CC)C1. The van der Waals surface area contributed by atoms with Gasteiger partial charge in [0.05, 0.1) is 0 Å². The first kappa shape index (κ1) is 13.0. The lowest BCUT2D eigenvalue weighted by atomic mass is 9.99. The van der Waals surface area contributed by atoms with E-state index in [4.69, 9.17) is 11.6 Å². The van der Waals surface area contributed by atoms with Gasteiger partial charge in [0.2, 0.25) is 0 Å². The van der Waals surface area contributed by atoms with Crippen LogP contribution in [0.1, 0.15) is 26.7 Å². The zero-order valence-electron chi connectivity index (χ0n) is 9.93. The van der Waals surface area contributed by atoms with E-state index in [-0.39, 0.29) is 0 Å². The highest BCUT2D eigenvalue weighted by Gasteiger charge is 2.21. The number of nitrogens with one attached hydrogen (secondary N) is 1. The van der Waals surface area contributed by atoms with Gasteiger partial charge in [-0.3, -0.25) is 4.90 Å². The summed E-state index contributed by atoms with van der Waals surface area (Å²) in [6, 6.07) is 0.605. The summed E-state index contributed by atoms with van der Waals surface area (Å²) in [7, 11) is 0. The van der Waals surface area contributed by atoms with Gasteiger partial charge < -0.3 is 5.32 Å². The molecule has 0 aromatic heterocycles. The average Bonchev–Trinajstić information content (AvgIpc) is 2.41. The molecule has 3 heteroatoms. The first-order valence-electron chi connectivity index (χ1n) is 5.92. The molecule has 0 spiro atoms. The van der Waals surface area contributed by atoms with Gasteiger partial charge in [-0.1, -0.05) is 38.4 Å². The van der Waals surface area contributed by atoms with Crippen molar-refractivity contribution in [3.63, 3.8) is 0 Å². The van der Waals surface area contributed by atoms with Gasteiger partial charge in [0.25, 0.3) is 0 Å². The van der Waals surface area contributed by atoms with Crippen molar-refractivity contribution in [1.29, 1.82) is 0 Å². The van der Waals surface area contributed by atoms with E-state index in [1.807, 2.05) is 0 Å². The predicted octanol–water partition coefficient (Wildman–Crippen LogP) is 2.45. The molecule has 0 radical (unpaired) electrons. The molecule has 2 unspecified atom stereocenters. The van der Waals surface area contributed by atoms with E-state index in [9.17, 15) is 0 Å². The summed E-state index contributed by atoms with van der Waals surface area (Å²) in [6.45, 7) is 12.5. The minimum atomic E-state index is 0.605. The molecule has 15 heavy (non-hydrogen) atoms. The Morgan fingerprint density at radius 2 is 2.40 bits per heavy atom.